The molecule has 1 fully saturated rings. The van der Waals surface area contributed by atoms with Crippen molar-refractivity contribution in [2.45, 2.75) is 63.6 Å². The highest BCUT2D eigenvalue weighted by molar-refractivity contribution is 6.30. The number of pyridine rings is 1. The Morgan fingerprint density at radius 3 is 2.43 bits per heavy atom. The zero-order valence-electron chi connectivity index (χ0n) is 18.9. The van der Waals surface area contributed by atoms with Gasteiger partial charge in [-0.15, -0.1) is 0 Å². The fourth-order valence-corrected chi connectivity index (χ4v) is 3.65. The molecular weight excluding hydrogens is 495 g/mol. The van der Waals surface area contributed by atoms with Crippen LogP contribution in [0.4, 0.5) is 26.7 Å². The summed E-state index contributed by atoms with van der Waals surface area (Å²) in [5.41, 5.74) is -2.68. The lowest BCUT2D eigenvalue weighted by Crippen LogP contribution is -2.52. The van der Waals surface area contributed by atoms with Gasteiger partial charge in [-0.3, -0.25) is 4.98 Å². The number of benzene rings is 1. The summed E-state index contributed by atoms with van der Waals surface area (Å²) in [5.74, 6) is -2.14. The van der Waals surface area contributed by atoms with E-state index >= 15 is 0 Å². The van der Waals surface area contributed by atoms with Crippen LogP contribution < -0.4 is 15.4 Å². The highest BCUT2D eigenvalue weighted by Gasteiger charge is 2.45. The number of carbonyl (C=O) groups is 1. The van der Waals surface area contributed by atoms with E-state index in [0.717, 1.165) is 37.8 Å². The summed E-state index contributed by atoms with van der Waals surface area (Å²) in [6.07, 6.45) is -4.64. The predicted molar refractivity (Wildman–Crippen MR) is 119 cm³/mol. The van der Waals surface area contributed by atoms with E-state index in [-0.39, 0.29) is 22.3 Å². The van der Waals surface area contributed by atoms with Crippen LogP contribution in [-0.2, 0) is 5.54 Å². The first-order valence-electron chi connectivity index (χ1n) is 10.8. The van der Waals surface area contributed by atoms with Crippen LogP contribution in [0.1, 0.15) is 50.8 Å². The van der Waals surface area contributed by atoms with Gasteiger partial charge in [0.05, 0.1) is 10.7 Å². The van der Waals surface area contributed by atoms with Gasteiger partial charge in [-0.05, 0) is 37.1 Å². The van der Waals surface area contributed by atoms with E-state index in [1.807, 2.05) is 19.9 Å². The molecule has 1 aliphatic carbocycles. The summed E-state index contributed by atoms with van der Waals surface area (Å²) in [6.45, 7) is 4.00. The van der Waals surface area contributed by atoms with Gasteiger partial charge < -0.3 is 15.4 Å². The maximum atomic E-state index is 14.3. The molecule has 3 rings (SSSR count). The molecule has 1 aromatic heterocycles. The number of aromatic nitrogens is 1. The Balaban J connectivity index is 0.00000210. The minimum Gasteiger partial charge on any atom is -0.428 e. The molecule has 1 aromatic carbocycles. The molecule has 1 unspecified atom stereocenters. The van der Waals surface area contributed by atoms with Crippen molar-refractivity contribution in [1.82, 2.24) is 15.6 Å². The Labute approximate surface area is 204 Å². The molecule has 0 aliphatic heterocycles. The summed E-state index contributed by atoms with van der Waals surface area (Å²) < 4.78 is 70.3. The highest BCUT2D eigenvalue weighted by atomic mass is 35.5. The van der Waals surface area contributed by atoms with Crippen molar-refractivity contribution in [3.63, 3.8) is 0 Å². The summed E-state index contributed by atoms with van der Waals surface area (Å²) in [5, 5.41) is 15.4. The number of alkyl halides is 4. The Kier molecular flexibility index (Phi) is 9.65. The number of nitriles is 1. The molecule has 1 aliphatic rings. The quantitative estimate of drug-likeness (QED) is 0.431. The topological polar surface area (TPSA) is 87.0 Å². The first kappa shape index (κ1) is 28.1. The van der Waals surface area contributed by atoms with E-state index in [4.69, 9.17) is 11.6 Å². The van der Waals surface area contributed by atoms with Gasteiger partial charge in [0.2, 0.25) is 0 Å². The normalized spacial score (nSPS) is 15.4. The van der Waals surface area contributed by atoms with Crippen molar-refractivity contribution in [1.29, 1.82) is 5.26 Å². The monoisotopic (exact) mass is 518 g/mol. The van der Waals surface area contributed by atoms with Gasteiger partial charge in [-0.2, -0.15) is 22.8 Å². The van der Waals surface area contributed by atoms with Crippen LogP contribution in [0.3, 0.4) is 0 Å². The number of ether oxygens (including phenoxy) is 1. The second-order valence-electron chi connectivity index (χ2n) is 7.44. The second kappa shape index (κ2) is 12.0. The fraction of sp³-hybridized carbons (Fsp3) is 0.435. The molecule has 190 valence electrons. The molecule has 2 aromatic rings. The summed E-state index contributed by atoms with van der Waals surface area (Å²) in [6, 6.07) is 5.53. The molecule has 0 saturated heterocycles. The maximum absolute atomic E-state index is 14.3. The minimum atomic E-state index is -4.91. The van der Waals surface area contributed by atoms with Crippen LogP contribution in [0, 0.1) is 17.1 Å². The summed E-state index contributed by atoms with van der Waals surface area (Å²) >= 11 is 5.84. The van der Waals surface area contributed by atoms with Crippen LogP contribution in [0.5, 0.6) is 5.75 Å². The SMILES string of the molecule is CC.N#CC(NC(=O)NC1CCCC1)(c1cc(F)cc(OC(F)(F)C(F)F)c1)c1ccc(Cl)cn1. The Morgan fingerprint density at radius 2 is 1.89 bits per heavy atom. The molecule has 2 N–H and O–H groups in total. The molecule has 12 heteroatoms. The zero-order chi connectivity index (χ0) is 26.2. The second-order valence-corrected chi connectivity index (χ2v) is 7.88. The van der Waals surface area contributed by atoms with Gasteiger partial charge in [-0.1, -0.05) is 38.3 Å². The number of nitrogens with zero attached hydrogens (tertiary/aromatic N) is 2. The summed E-state index contributed by atoms with van der Waals surface area (Å²) in [7, 11) is 0. The van der Waals surface area contributed by atoms with Gasteiger partial charge in [0, 0.05) is 23.9 Å². The van der Waals surface area contributed by atoms with Crippen molar-refractivity contribution >= 4 is 17.6 Å². The number of rotatable bonds is 7. The molecule has 1 saturated carbocycles. The van der Waals surface area contributed by atoms with Crippen LogP contribution >= 0.6 is 11.6 Å². The first-order chi connectivity index (χ1) is 16.6. The maximum Gasteiger partial charge on any atom is 0.461 e. The molecule has 0 radical (unpaired) electrons. The van der Waals surface area contributed by atoms with Crippen molar-refractivity contribution in [2.24, 2.45) is 0 Å². The Hall–Kier alpha value is -3.13. The molecule has 6 nitrogen and oxygen atoms in total. The van der Waals surface area contributed by atoms with E-state index < -0.39 is 35.7 Å². The largest absolute Gasteiger partial charge is 0.461 e. The molecule has 0 spiro atoms. The number of urea groups is 1. The van der Waals surface area contributed by atoms with E-state index in [2.05, 4.69) is 20.4 Å². The Morgan fingerprint density at radius 1 is 1.23 bits per heavy atom. The third-order valence-electron chi connectivity index (χ3n) is 5.08. The molecule has 1 heterocycles. The minimum absolute atomic E-state index is 0.117. The van der Waals surface area contributed by atoms with E-state index in [0.29, 0.717) is 6.07 Å². The zero-order valence-corrected chi connectivity index (χ0v) is 19.7. The average Bonchev–Trinajstić information content (AvgIpc) is 3.31. The van der Waals surface area contributed by atoms with Crippen LogP contribution in [0.15, 0.2) is 36.5 Å². The third kappa shape index (κ3) is 6.94. The lowest BCUT2D eigenvalue weighted by atomic mass is 9.87. The number of amides is 2. The number of hydrogen-bond donors (Lipinski definition) is 2. The van der Waals surface area contributed by atoms with E-state index in [1.165, 1.54) is 18.3 Å². The van der Waals surface area contributed by atoms with Crippen LogP contribution in [-0.4, -0.2) is 29.6 Å². The lowest BCUT2D eigenvalue weighted by molar-refractivity contribution is -0.253. The highest BCUT2D eigenvalue weighted by Crippen LogP contribution is 2.34. The number of carbonyl (C=O) groups excluding carboxylic acids is 1. The predicted octanol–water partition coefficient (Wildman–Crippen LogP) is 6.15. The molecule has 2 amide bonds. The molecular formula is C23H24ClF5N4O2. The Bertz CT molecular complexity index is 1040. The van der Waals surface area contributed by atoms with Gasteiger partial charge in [0.1, 0.15) is 17.6 Å². The van der Waals surface area contributed by atoms with Gasteiger partial charge >= 0.3 is 18.6 Å². The van der Waals surface area contributed by atoms with Crippen molar-refractivity contribution in [3.8, 4) is 11.8 Å². The van der Waals surface area contributed by atoms with Gasteiger partial charge in [0.15, 0.2) is 5.54 Å². The van der Waals surface area contributed by atoms with Gasteiger partial charge in [0.25, 0.3) is 0 Å². The molecule has 35 heavy (non-hydrogen) atoms. The smallest absolute Gasteiger partial charge is 0.428 e. The lowest BCUT2D eigenvalue weighted by Gasteiger charge is -2.29. The fourth-order valence-electron chi connectivity index (χ4n) is 3.53. The van der Waals surface area contributed by atoms with E-state index in [9.17, 15) is 32.0 Å². The number of nitrogens with one attached hydrogen (secondary N) is 2. The number of hydrogen-bond acceptors (Lipinski definition) is 4. The molecule has 1 atom stereocenters. The molecule has 0 bridgehead atoms. The number of halogens is 6. The van der Waals surface area contributed by atoms with E-state index in [1.54, 1.807) is 0 Å². The standard InChI is InChI=1S/C21H18ClF5N4O2.C2H6/c22-13-5-6-17(29-10-13)20(11-28,31-19(32)30-15-3-1-2-4-15)12-7-14(23)9-16(8-12)33-21(26,27)18(24)25;1-2/h5-10,15,18H,1-4H2,(H2,30,31,32);1-2H3. The van der Waals surface area contributed by atoms with Crippen LogP contribution in [0.25, 0.3) is 0 Å². The summed E-state index contributed by atoms with van der Waals surface area (Å²) in [4.78, 5) is 16.7. The first-order valence-corrected chi connectivity index (χ1v) is 11.2. The third-order valence-corrected chi connectivity index (χ3v) is 5.31. The van der Waals surface area contributed by atoms with Crippen LogP contribution in [0.2, 0.25) is 5.02 Å². The van der Waals surface area contributed by atoms with Gasteiger partial charge in [-0.25, -0.2) is 9.18 Å². The van der Waals surface area contributed by atoms with Crippen molar-refractivity contribution in [3.05, 3.63) is 58.6 Å². The average molecular weight is 519 g/mol. The van der Waals surface area contributed by atoms with Crippen molar-refractivity contribution in [2.75, 3.05) is 0 Å². The van der Waals surface area contributed by atoms with Crippen molar-refractivity contribution < 1.29 is 31.5 Å².